The fraction of sp³-hybridized carbons (Fsp3) is 0.462. The lowest BCUT2D eigenvalue weighted by Crippen LogP contribution is -2.45. The second-order valence-corrected chi connectivity index (χ2v) is 4.94. The van der Waals surface area contributed by atoms with E-state index in [9.17, 15) is 4.79 Å². The van der Waals surface area contributed by atoms with Crippen molar-refractivity contribution in [1.29, 1.82) is 0 Å². The smallest absolute Gasteiger partial charge is 0.140 e. The Morgan fingerprint density at radius 2 is 2.00 bits per heavy atom. The molecule has 2 heteroatoms. The maximum absolute atomic E-state index is 11.6. The van der Waals surface area contributed by atoms with Crippen molar-refractivity contribution >= 4 is 17.4 Å². The van der Waals surface area contributed by atoms with Gasteiger partial charge in [0.05, 0.1) is 0 Å². The molecule has 1 aliphatic carbocycles. The monoisotopic (exact) mass is 222 g/mol. The van der Waals surface area contributed by atoms with Crippen LogP contribution in [0.4, 0.5) is 0 Å². The number of hydrogen-bond donors (Lipinski definition) is 0. The molecule has 0 N–H and O–H groups in total. The summed E-state index contributed by atoms with van der Waals surface area (Å²) in [5, 5.41) is 0.752. The van der Waals surface area contributed by atoms with Gasteiger partial charge in [0.1, 0.15) is 5.78 Å². The number of hydrogen-bond acceptors (Lipinski definition) is 1. The van der Waals surface area contributed by atoms with Crippen LogP contribution in [0.25, 0.3) is 0 Å². The van der Waals surface area contributed by atoms with Crippen LogP contribution in [0, 0.1) is 5.41 Å². The standard InChI is InChI=1S/C13H15ClO/c1-3-13(2)11(8-12(13)15)9-4-6-10(14)7-5-9/h4-7,11H,3,8H2,1-2H3. The van der Waals surface area contributed by atoms with Crippen LogP contribution >= 0.6 is 11.6 Å². The van der Waals surface area contributed by atoms with Crippen molar-refractivity contribution in [3.05, 3.63) is 34.9 Å². The molecule has 1 nitrogen and oxygen atoms in total. The van der Waals surface area contributed by atoms with E-state index in [0.29, 0.717) is 18.1 Å². The molecule has 2 rings (SSSR count). The van der Waals surface area contributed by atoms with Gasteiger partial charge in [-0.15, -0.1) is 0 Å². The van der Waals surface area contributed by atoms with Crippen molar-refractivity contribution in [2.45, 2.75) is 32.6 Å². The molecular formula is C13H15ClO. The molecule has 0 heterocycles. The molecule has 1 saturated carbocycles. The molecule has 0 spiro atoms. The van der Waals surface area contributed by atoms with Gasteiger partial charge in [-0.2, -0.15) is 0 Å². The second kappa shape index (κ2) is 3.64. The van der Waals surface area contributed by atoms with Gasteiger partial charge in [-0.25, -0.2) is 0 Å². The molecule has 1 aliphatic rings. The van der Waals surface area contributed by atoms with Crippen LogP contribution in [0.1, 0.15) is 38.2 Å². The van der Waals surface area contributed by atoms with E-state index in [0.717, 1.165) is 11.4 Å². The van der Waals surface area contributed by atoms with Gasteiger partial charge in [0.2, 0.25) is 0 Å². The van der Waals surface area contributed by atoms with Gasteiger partial charge < -0.3 is 0 Å². The highest BCUT2D eigenvalue weighted by Gasteiger charge is 2.49. The van der Waals surface area contributed by atoms with Crippen LogP contribution in [-0.2, 0) is 4.79 Å². The first kappa shape index (κ1) is 10.7. The third-order valence-electron chi connectivity index (χ3n) is 3.80. The predicted octanol–water partition coefficient (Wildman–Crippen LogP) is 3.81. The Labute approximate surface area is 95.4 Å². The van der Waals surface area contributed by atoms with Crippen molar-refractivity contribution in [2.24, 2.45) is 5.41 Å². The highest BCUT2D eigenvalue weighted by atomic mass is 35.5. The highest BCUT2D eigenvalue weighted by Crippen LogP contribution is 2.51. The zero-order valence-corrected chi connectivity index (χ0v) is 9.84. The van der Waals surface area contributed by atoms with E-state index in [2.05, 4.69) is 13.8 Å². The normalized spacial score (nSPS) is 30.1. The Bertz CT molecular complexity index is 382. The number of rotatable bonds is 2. The minimum atomic E-state index is -0.145. The predicted molar refractivity (Wildman–Crippen MR) is 62.2 cm³/mol. The van der Waals surface area contributed by atoms with Gasteiger partial charge >= 0.3 is 0 Å². The average molecular weight is 223 g/mol. The van der Waals surface area contributed by atoms with Crippen LogP contribution in [0.15, 0.2) is 24.3 Å². The molecule has 2 unspecified atom stereocenters. The molecule has 0 aliphatic heterocycles. The van der Waals surface area contributed by atoms with Crippen molar-refractivity contribution < 1.29 is 4.79 Å². The summed E-state index contributed by atoms with van der Waals surface area (Å²) in [5.41, 5.74) is 1.09. The molecule has 0 aromatic heterocycles. The van der Waals surface area contributed by atoms with Gasteiger partial charge in [0.25, 0.3) is 0 Å². The van der Waals surface area contributed by atoms with Crippen molar-refractivity contribution in [1.82, 2.24) is 0 Å². The minimum absolute atomic E-state index is 0.145. The molecule has 2 atom stereocenters. The molecule has 1 aromatic rings. The minimum Gasteiger partial charge on any atom is -0.299 e. The zero-order chi connectivity index (χ0) is 11.1. The summed E-state index contributed by atoms with van der Waals surface area (Å²) in [5.74, 6) is 0.775. The van der Waals surface area contributed by atoms with Crippen LogP contribution in [0.2, 0.25) is 5.02 Å². The second-order valence-electron chi connectivity index (χ2n) is 4.50. The fourth-order valence-electron chi connectivity index (χ4n) is 2.33. The molecule has 0 saturated heterocycles. The quantitative estimate of drug-likeness (QED) is 0.744. The average Bonchev–Trinajstić information content (AvgIpc) is 2.26. The summed E-state index contributed by atoms with van der Waals surface area (Å²) in [6.07, 6.45) is 1.60. The van der Waals surface area contributed by atoms with Crippen molar-refractivity contribution in [3.8, 4) is 0 Å². The lowest BCUT2D eigenvalue weighted by Gasteiger charge is -2.45. The van der Waals surface area contributed by atoms with E-state index in [1.165, 1.54) is 5.56 Å². The SMILES string of the molecule is CCC1(C)C(=O)CC1c1ccc(Cl)cc1. The van der Waals surface area contributed by atoms with Gasteiger partial charge in [0, 0.05) is 22.8 Å². The molecular weight excluding hydrogens is 208 g/mol. The summed E-state index contributed by atoms with van der Waals surface area (Å²) in [7, 11) is 0. The number of ketones is 1. The summed E-state index contributed by atoms with van der Waals surface area (Å²) < 4.78 is 0. The Morgan fingerprint density at radius 1 is 1.40 bits per heavy atom. The number of carbonyl (C=O) groups is 1. The van der Waals surface area contributed by atoms with Gasteiger partial charge in [-0.1, -0.05) is 37.6 Å². The van der Waals surface area contributed by atoms with E-state index in [1.807, 2.05) is 24.3 Å². The summed E-state index contributed by atoms with van der Waals surface area (Å²) in [6, 6.07) is 7.87. The number of carbonyl (C=O) groups excluding carboxylic acids is 1. The number of benzene rings is 1. The third kappa shape index (κ3) is 1.59. The number of halogens is 1. The summed E-state index contributed by atoms with van der Waals surface area (Å²) >= 11 is 5.84. The summed E-state index contributed by atoms with van der Waals surface area (Å²) in [6.45, 7) is 4.15. The van der Waals surface area contributed by atoms with Crippen molar-refractivity contribution in [3.63, 3.8) is 0 Å². The van der Waals surface area contributed by atoms with Crippen LogP contribution in [0.3, 0.4) is 0 Å². The van der Waals surface area contributed by atoms with Crippen LogP contribution in [0.5, 0.6) is 0 Å². The first-order chi connectivity index (χ1) is 7.08. The molecule has 0 radical (unpaired) electrons. The lowest BCUT2D eigenvalue weighted by atomic mass is 9.56. The highest BCUT2D eigenvalue weighted by molar-refractivity contribution is 6.30. The fourth-order valence-corrected chi connectivity index (χ4v) is 2.46. The Kier molecular flexibility index (Phi) is 2.59. The Morgan fingerprint density at radius 3 is 2.47 bits per heavy atom. The van der Waals surface area contributed by atoms with E-state index >= 15 is 0 Å². The Balaban J connectivity index is 2.26. The topological polar surface area (TPSA) is 17.1 Å². The lowest BCUT2D eigenvalue weighted by molar-refractivity contribution is -0.139. The van der Waals surface area contributed by atoms with E-state index in [1.54, 1.807) is 0 Å². The Hall–Kier alpha value is -0.820. The van der Waals surface area contributed by atoms with Gasteiger partial charge in [0.15, 0.2) is 0 Å². The van der Waals surface area contributed by atoms with E-state index in [4.69, 9.17) is 11.6 Å². The third-order valence-corrected chi connectivity index (χ3v) is 4.05. The van der Waals surface area contributed by atoms with E-state index in [-0.39, 0.29) is 5.41 Å². The first-order valence-electron chi connectivity index (χ1n) is 5.36. The van der Waals surface area contributed by atoms with Crippen molar-refractivity contribution in [2.75, 3.05) is 0 Å². The van der Waals surface area contributed by atoms with Crippen LogP contribution < -0.4 is 0 Å². The maximum atomic E-state index is 11.6. The molecule has 1 fully saturated rings. The largest absolute Gasteiger partial charge is 0.299 e. The van der Waals surface area contributed by atoms with Gasteiger partial charge in [-0.05, 0) is 24.1 Å². The van der Waals surface area contributed by atoms with Crippen LogP contribution in [-0.4, -0.2) is 5.78 Å². The van der Waals surface area contributed by atoms with E-state index < -0.39 is 0 Å². The first-order valence-corrected chi connectivity index (χ1v) is 5.74. The molecule has 15 heavy (non-hydrogen) atoms. The molecule has 0 amide bonds. The molecule has 80 valence electrons. The van der Waals surface area contributed by atoms with Gasteiger partial charge in [-0.3, -0.25) is 4.79 Å². The zero-order valence-electron chi connectivity index (χ0n) is 9.09. The summed E-state index contributed by atoms with van der Waals surface area (Å²) in [4.78, 5) is 11.6. The molecule has 1 aromatic carbocycles. The molecule has 0 bridgehead atoms. The maximum Gasteiger partial charge on any atom is 0.140 e. The number of Topliss-reactive ketones (excluding diaryl/α,β-unsaturated/α-hetero) is 1.